The van der Waals surface area contributed by atoms with Crippen molar-refractivity contribution in [2.75, 3.05) is 20.3 Å². The van der Waals surface area contributed by atoms with Gasteiger partial charge < -0.3 is 14.8 Å². The summed E-state index contributed by atoms with van der Waals surface area (Å²) in [6.45, 7) is 4.98. The zero-order valence-electron chi connectivity index (χ0n) is 19.3. The van der Waals surface area contributed by atoms with Gasteiger partial charge in [-0.15, -0.1) is 0 Å². The summed E-state index contributed by atoms with van der Waals surface area (Å²) in [7, 11) is -2.72. The van der Waals surface area contributed by atoms with Crippen LogP contribution in [-0.2, 0) is 50.3 Å². The van der Waals surface area contributed by atoms with Gasteiger partial charge in [0.1, 0.15) is 12.1 Å². The van der Waals surface area contributed by atoms with Crippen molar-refractivity contribution in [1.82, 2.24) is 10.4 Å². The lowest BCUT2D eigenvalue weighted by Gasteiger charge is -2.40. The lowest BCUT2D eigenvalue weighted by molar-refractivity contribution is -0.150. The molecule has 3 rings (SSSR count). The van der Waals surface area contributed by atoms with Crippen LogP contribution >= 0.6 is 7.75 Å². The molecule has 182 valence electrons. The third-order valence-corrected chi connectivity index (χ3v) is 7.32. The van der Waals surface area contributed by atoms with E-state index in [1.54, 1.807) is 13.8 Å². The Hall–Kier alpha value is -2.26. The van der Waals surface area contributed by atoms with Gasteiger partial charge in [-0.2, -0.15) is 0 Å². The van der Waals surface area contributed by atoms with Gasteiger partial charge in [-0.05, 0) is 18.1 Å². The summed E-state index contributed by atoms with van der Waals surface area (Å²) in [4.78, 5) is 36.5. The van der Waals surface area contributed by atoms with E-state index in [0.717, 1.165) is 11.1 Å². The minimum absolute atomic E-state index is 0.00426. The van der Waals surface area contributed by atoms with E-state index in [9.17, 15) is 18.9 Å². The Morgan fingerprint density at radius 3 is 2.45 bits per heavy atom. The molecule has 2 aliphatic rings. The molecule has 0 radical (unpaired) electrons. The molecule has 1 saturated heterocycles. The normalized spacial score (nSPS) is 25.0. The highest BCUT2D eigenvalue weighted by Crippen LogP contribution is 2.53. The molecule has 0 spiro atoms. The molecule has 0 saturated carbocycles. The molecular formula is C22H31N2O8P. The van der Waals surface area contributed by atoms with E-state index >= 15 is 0 Å². The smallest absolute Gasteiger partial charge is 0.407 e. The van der Waals surface area contributed by atoms with Gasteiger partial charge in [0.15, 0.2) is 6.10 Å². The summed E-state index contributed by atoms with van der Waals surface area (Å²) in [6, 6.07) is 6.92. The zero-order chi connectivity index (χ0) is 24.2. The third kappa shape index (κ3) is 6.41. The number of benzene rings is 1. The average molecular weight is 482 g/mol. The SMILES string of the molecule is COC(=O)CCNC(=O)[C@@H]1OP(=O)(N[C@@H](C)C(=O)OC2Cc3ccccc3C2)OCC1(C)C. The minimum atomic E-state index is -3.98. The number of ether oxygens (including phenoxy) is 2. The minimum Gasteiger partial charge on any atom is -0.469 e. The van der Waals surface area contributed by atoms with Crippen LogP contribution in [0.15, 0.2) is 24.3 Å². The van der Waals surface area contributed by atoms with Crippen LogP contribution < -0.4 is 10.4 Å². The van der Waals surface area contributed by atoms with Gasteiger partial charge in [0.05, 0.1) is 20.1 Å². The molecule has 1 heterocycles. The van der Waals surface area contributed by atoms with E-state index in [2.05, 4.69) is 15.1 Å². The molecule has 0 aromatic heterocycles. The summed E-state index contributed by atoms with van der Waals surface area (Å²) in [5.74, 6) is -1.58. The van der Waals surface area contributed by atoms with Gasteiger partial charge in [-0.3, -0.25) is 23.4 Å². The quantitative estimate of drug-likeness (QED) is 0.422. The monoisotopic (exact) mass is 482 g/mol. The van der Waals surface area contributed by atoms with Crippen LogP contribution in [0, 0.1) is 5.41 Å². The number of esters is 2. The van der Waals surface area contributed by atoms with Crippen molar-refractivity contribution in [3.63, 3.8) is 0 Å². The van der Waals surface area contributed by atoms with Gasteiger partial charge >= 0.3 is 19.7 Å². The molecule has 1 aliphatic heterocycles. The molecule has 0 bridgehead atoms. The average Bonchev–Trinajstić information content (AvgIpc) is 3.17. The Morgan fingerprint density at radius 2 is 1.85 bits per heavy atom. The highest BCUT2D eigenvalue weighted by atomic mass is 31.2. The molecule has 1 aromatic carbocycles. The van der Waals surface area contributed by atoms with Gasteiger partial charge in [0, 0.05) is 24.8 Å². The van der Waals surface area contributed by atoms with Crippen molar-refractivity contribution < 1.29 is 37.5 Å². The number of hydrogen-bond acceptors (Lipinski definition) is 8. The zero-order valence-corrected chi connectivity index (χ0v) is 20.2. The van der Waals surface area contributed by atoms with Crippen molar-refractivity contribution in [3.05, 3.63) is 35.4 Å². The molecular weight excluding hydrogens is 451 g/mol. The van der Waals surface area contributed by atoms with Crippen molar-refractivity contribution in [3.8, 4) is 0 Å². The first kappa shape index (κ1) is 25.4. The predicted octanol–water partition coefficient (Wildman–Crippen LogP) is 1.90. The molecule has 1 aromatic rings. The van der Waals surface area contributed by atoms with Crippen LogP contribution in [0.1, 0.15) is 38.3 Å². The Bertz CT molecular complexity index is 925. The summed E-state index contributed by atoms with van der Waals surface area (Å²) in [6.07, 6.45) is -0.159. The number of carbonyl (C=O) groups excluding carboxylic acids is 3. The molecule has 11 heteroatoms. The molecule has 1 aliphatic carbocycles. The third-order valence-electron chi connectivity index (χ3n) is 5.66. The number of amides is 1. The first-order valence-corrected chi connectivity index (χ1v) is 12.4. The van der Waals surface area contributed by atoms with Crippen molar-refractivity contribution in [2.45, 2.75) is 58.3 Å². The second kappa shape index (κ2) is 10.3. The molecule has 3 atom stereocenters. The van der Waals surface area contributed by atoms with Crippen molar-refractivity contribution in [2.24, 2.45) is 5.41 Å². The number of hydrogen-bond donors (Lipinski definition) is 2. The van der Waals surface area contributed by atoms with Crippen LogP contribution in [0.3, 0.4) is 0 Å². The van der Waals surface area contributed by atoms with E-state index in [-0.39, 0.29) is 25.7 Å². The lowest BCUT2D eigenvalue weighted by Crippen LogP contribution is -2.51. The molecule has 33 heavy (non-hydrogen) atoms. The number of rotatable bonds is 8. The van der Waals surface area contributed by atoms with E-state index in [1.807, 2.05) is 24.3 Å². The predicted molar refractivity (Wildman–Crippen MR) is 118 cm³/mol. The number of methoxy groups -OCH3 is 1. The van der Waals surface area contributed by atoms with Crippen LogP contribution in [0.25, 0.3) is 0 Å². The Kier molecular flexibility index (Phi) is 7.95. The largest absolute Gasteiger partial charge is 0.469 e. The Balaban J connectivity index is 1.55. The molecule has 1 fully saturated rings. The van der Waals surface area contributed by atoms with Crippen LogP contribution in [-0.4, -0.2) is 56.4 Å². The number of nitrogens with one attached hydrogen (secondary N) is 2. The summed E-state index contributed by atoms with van der Waals surface area (Å²) in [5.41, 5.74) is 1.50. The van der Waals surface area contributed by atoms with Crippen LogP contribution in [0.2, 0.25) is 0 Å². The standard InChI is InChI=1S/C22H31N2O8P/c1-14(21(27)31-17-11-15-7-5-6-8-16(15)12-17)24-33(28)30-13-22(2,3)19(32-33)20(26)23-10-9-18(25)29-4/h5-8,14,17,19H,9-13H2,1-4H3,(H,23,26)(H,24,28)/t14-,19-,33?/m0/s1. The van der Waals surface area contributed by atoms with Crippen LogP contribution in [0.4, 0.5) is 0 Å². The van der Waals surface area contributed by atoms with E-state index in [0.29, 0.717) is 12.8 Å². The van der Waals surface area contributed by atoms with Gasteiger partial charge in [0.2, 0.25) is 5.91 Å². The second-order valence-electron chi connectivity index (χ2n) is 8.95. The lowest BCUT2D eigenvalue weighted by atomic mass is 9.87. The fourth-order valence-corrected chi connectivity index (χ4v) is 5.69. The molecule has 10 nitrogen and oxygen atoms in total. The van der Waals surface area contributed by atoms with Crippen molar-refractivity contribution in [1.29, 1.82) is 0 Å². The summed E-state index contributed by atoms with van der Waals surface area (Å²) < 4.78 is 34.3. The highest BCUT2D eigenvalue weighted by molar-refractivity contribution is 7.51. The second-order valence-corrected chi connectivity index (χ2v) is 10.7. The molecule has 2 N–H and O–H groups in total. The maximum atomic E-state index is 13.2. The van der Waals surface area contributed by atoms with E-state index in [1.165, 1.54) is 14.0 Å². The number of carbonyl (C=O) groups is 3. The van der Waals surface area contributed by atoms with Gasteiger partial charge in [0.25, 0.3) is 0 Å². The summed E-state index contributed by atoms with van der Waals surface area (Å²) in [5, 5.41) is 5.16. The van der Waals surface area contributed by atoms with Crippen molar-refractivity contribution >= 4 is 25.6 Å². The Labute approximate surface area is 193 Å². The first-order chi connectivity index (χ1) is 15.5. The van der Waals surface area contributed by atoms with Crippen LogP contribution in [0.5, 0.6) is 0 Å². The number of fused-ring (bicyclic) bond motifs is 1. The van der Waals surface area contributed by atoms with Gasteiger partial charge in [-0.25, -0.2) is 9.65 Å². The Morgan fingerprint density at radius 1 is 1.21 bits per heavy atom. The molecule has 1 amide bonds. The fraction of sp³-hybridized carbons (Fsp3) is 0.591. The van der Waals surface area contributed by atoms with Gasteiger partial charge in [-0.1, -0.05) is 38.1 Å². The van der Waals surface area contributed by atoms with E-state index < -0.39 is 43.2 Å². The maximum absolute atomic E-state index is 13.2. The first-order valence-electron chi connectivity index (χ1n) is 10.9. The summed E-state index contributed by atoms with van der Waals surface area (Å²) >= 11 is 0. The molecule has 1 unspecified atom stereocenters. The fourth-order valence-electron chi connectivity index (χ4n) is 3.75. The topological polar surface area (TPSA) is 129 Å². The maximum Gasteiger partial charge on any atom is 0.407 e. The van der Waals surface area contributed by atoms with E-state index in [4.69, 9.17) is 13.8 Å². The highest BCUT2D eigenvalue weighted by Gasteiger charge is 2.49.